The molecule has 1 aromatic rings. The van der Waals surface area contributed by atoms with Crippen LogP contribution in [0.3, 0.4) is 0 Å². The van der Waals surface area contributed by atoms with Gasteiger partial charge in [0.05, 0.1) is 37.1 Å². The molecule has 4 heterocycles. The molecule has 0 aromatic carbocycles. The second-order valence-electron chi connectivity index (χ2n) is 20.2. The van der Waals surface area contributed by atoms with Crippen molar-refractivity contribution in [1.29, 1.82) is 0 Å². The maximum absolute atomic E-state index is 14.5. The number of piperidine rings is 1. The SMILES string of the molecule is CO[C@H]1C[C@@H](C)[C@@]2(O)O[C@@H]1[C@@H](O)C[C@@H](C)C/C(C)=C/[C@@H](CCCSCCNC(=O)CNc1ccccn1)C(=O)C[C@H](O)[C@@H](C)[C@@H](/C(C)=C/[C@@H]1CC[C@@H](O)[C@H](OC)C1)OC(=O)[C@@H]1CCCCN1C(=O)C2=O. The Kier molecular flexibility index (Phi) is 22.3. The van der Waals surface area contributed by atoms with Crippen molar-refractivity contribution in [3.8, 4) is 0 Å². The molecule has 2 amide bonds. The van der Waals surface area contributed by atoms with Gasteiger partial charge in [-0.3, -0.25) is 19.2 Å². The third kappa shape index (κ3) is 15.6. The van der Waals surface area contributed by atoms with E-state index in [0.717, 1.165) is 16.2 Å². The molecule has 4 aliphatic rings. The Hall–Kier alpha value is -3.75. The number of fused-ring (bicyclic) bond motifs is 3. The van der Waals surface area contributed by atoms with E-state index in [2.05, 4.69) is 15.6 Å². The van der Waals surface area contributed by atoms with Crippen LogP contribution in [0.5, 0.6) is 0 Å². The Bertz CT molecular complexity index is 1960. The molecule has 5 rings (SSSR count). The van der Waals surface area contributed by atoms with Crippen LogP contribution in [-0.2, 0) is 42.9 Å². The minimum atomic E-state index is -2.62. The Labute approximate surface area is 418 Å². The summed E-state index contributed by atoms with van der Waals surface area (Å²) in [6.45, 7) is 9.60. The molecule has 2 bridgehead atoms. The molecule has 0 spiro atoms. The maximum Gasteiger partial charge on any atom is 0.329 e. The number of aliphatic hydroxyl groups is 4. The minimum absolute atomic E-state index is 0.0435. The molecule has 6 N–H and O–H groups in total. The van der Waals surface area contributed by atoms with E-state index < -0.39 is 83.9 Å². The van der Waals surface area contributed by atoms with Gasteiger partial charge in [-0.15, -0.1) is 0 Å². The van der Waals surface area contributed by atoms with Gasteiger partial charge in [0.25, 0.3) is 11.7 Å². The molecule has 3 fully saturated rings. The van der Waals surface area contributed by atoms with Crippen LogP contribution in [0.25, 0.3) is 0 Å². The normalized spacial score (nSPS) is 35.4. The number of aliphatic hydroxyl groups excluding tert-OH is 3. The van der Waals surface area contributed by atoms with E-state index >= 15 is 0 Å². The summed E-state index contributed by atoms with van der Waals surface area (Å²) in [6.07, 6.45) is 3.83. The third-order valence-corrected chi connectivity index (χ3v) is 15.7. The quantitative estimate of drug-likeness (QED) is 0.0649. The number of hydrogen-bond acceptors (Lipinski definition) is 16. The van der Waals surface area contributed by atoms with Gasteiger partial charge >= 0.3 is 5.97 Å². The van der Waals surface area contributed by atoms with Gasteiger partial charge in [-0.05, 0) is 120 Å². The number of allylic oxidation sites excluding steroid dienone is 3. The molecule has 70 heavy (non-hydrogen) atoms. The Morgan fingerprint density at radius 1 is 0.957 bits per heavy atom. The van der Waals surface area contributed by atoms with Gasteiger partial charge in [-0.2, -0.15) is 11.8 Å². The van der Waals surface area contributed by atoms with Gasteiger partial charge in [0, 0.05) is 63.4 Å². The zero-order valence-electron chi connectivity index (χ0n) is 42.3. The summed E-state index contributed by atoms with van der Waals surface area (Å²) in [5, 5.41) is 52.1. The zero-order valence-corrected chi connectivity index (χ0v) is 43.1. The highest BCUT2D eigenvalue weighted by Gasteiger charge is 2.56. The molecule has 3 aliphatic heterocycles. The molecule has 1 aromatic heterocycles. The van der Waals surface area contributed by atoms with Crippen LogP contribution < -0.4 is 10.6 Å². The van der Waals surface area contributed by atoms with Crippen LogP contribution in [0, 0.1) is 29.6 Å². The zero-order chi connectivity index (χ0) is 51.1. The largest absolute Gasteiger partial charge is 0.456 e. The Balaban J connectivity index is 1.40. The van der Waals surface area contributed by atoms with Crippen molar-refractivity contribution in [3.05, 3.63) is 47.7 Å². The molecule has 2 saturated heterocycles. The lowest BCUT2D eigenvalue weighted by molar-refractivity contribution is -0.301. The fourth-order valence-electron chi connectivity index (χ4n) is 10.6. The van der Waals surface area contributed by atoms with E-state index in [1.807, 2.05) is 32.1 Å². The highest BCUT2D eigenvalue weighted by Crippen LogP contribution is 2.39. The molecule has 0 radical (unpaired) electrons. The van der Waals surface area contributed by atoms with Crippen LogP contribution in [-0.4, -0.2) is 160 Å². The van der Waals surface area contributed by atoms with Crippen LogP contribution >= 0.6 is 11.8 Å². The van der Waals surface area contributed by atoms with E-state index in [9.17, 15) is 44.4 Å². The van der Waals surface area contributed by atoms with Crippen molar-refractivity contribution >= 4 is 46.9 Å². The number of amides is 2. The average molecular weight is 1000 g/mol. The number of anilines is 1. The summed E-state index contributed by atoms with van der Waals surface area (Å²) in [4.78, 5) is 75.1. The molecule has 1 saturated carbocycles. The van der Waals surface area contributed by atoms with Gasteiger partial charge < -0.3 is 54.9 Å². The number of esters is 1. The number of methoxy groups -OCH3 is 2. The number of nitrogens with one attached hydrogen (secondary N) is 2. The first-order valence-corrected chi connectivity index (χ1v) is 26.5. The number of carbonyl (C=O) groups excluding carboxylic acids is 5. The van der Waals surface area contributed by atoms with Crippen molar-refractivity contribution in [2.45, 2.75) is 166 Å². The lowest BCUT2D eigenvalue weighted by Crippen LogP contribution is -2.64. The summed E-state index contributed by atoms with van der Waals surface area (Å²) in [7, 11) is 3.01. The van der Waals surface area contributed by atoms with Crippen LogP contribution in [0.4, 0.5) is 5.82 Å². The van der Waals surface area contributed by atoms with Crippen LogP contribution in [0.1, 0.15) is 112 Å². The van der Waals surface area contributed by atoms with Crippen LogP contribution in [0.2, 0.25) is 0 Å². The molecular formula is C52H80N4O13S. The average Bonchev–Trinajstić information content (AvgIpc) is 3.34. The molecule has 1 aliphatic carbocycles. The van der Waals surface area contributed by atoms with Crippen molar-refractivity contribution < 1.29 is 63.3 Å². The van der Waals surface area contributed by atoms with Gasteiger partial charge in [0.1, 0.15) is 29.9 Å². The third-order valence-electron chi connectivity index (χ3n) is 14.6. The number of nitrogens with zero attached hydrogens (tertiary/aromatic N) is 2. The Morgan fingerprint density at radius 3 is 2.43 bits per heavy atom. The monoisotopic (exact) mass is 1000 g/mol. The van der Waals surface area contributed by atoms with Crippen molar-refractivity contribution in [3.63, 3.8) is 0 Å². The van der Waals surface area contributed by atoms with E-state index in [1.54, 1.807) is 58.0 Å². The fraction of sp³-hybridized carbons (Fsp3) is 0.731. The summed E-state index contributed by atoms with van der Waals surface area (Å²) in [5.74, 6) is -6.53. The highest BCUT2D eigenvalue weighted by atomic mass is 32.2. The first-order valence-electron chi connectivity index (χ1n) is 25.3. The molecule has 392 valence electrons. The summed E-state index contributed by atoms with van der Waals surface area (Å²) in [6, 6.07) is 4.23. The lowest BCUT2D eigenvalue weighted by Gasteiger charge is -2.46. The van der Waals surface area contributed by atoms with Gasteiger partial charge in [-0.25, -0.2) is 9.78 Å². The minimum Gasteiger partial charge on any atom is -0.456 e. The number of carbonyl (C=O) groups is 5. The number of rotatable bonds is 14. The smallest absolute Gasteiger partial charge is 0.329 e. The van der Waals surface area contributed by atoms with E-state index in [1.165, 1.54) is 7.11 Å². The van der Waals surface area contributed by atoms with Crippen molar-refractivity contribution in [1.82, 2.24) is 15.2 Å². The maximum atomic E-state index is 14.5. The number of ketones is 2. The van der Waals surface area contributed by atoms with E-state index in [4.69, 9.17) is 18.9 Å². The topological polar surface area (TPSA) is 243 Å². The number of aromatic nitrogens is 1. The second kappa shape index (κ2) is 27.3. The second-order valence-corrected chi connectivity index (χ2v) is 21.4. The Morgan fingerprint density at radius 2 is 1.71 bits per heavy atom. The molecular weight excluding hydrogens is 921 g/mol. The predicted octanol–water partition coefficient (Wildman–Crippen LogP) is 4.55. The van der Waals surface area contributed by atoms with Gasteiger partial charge in [0.15, 0.2) is 0 Å². The number of cyclic esters (lactones) is 1. The molecule has 18 heteroatoms. The van der Waals surface area contributed by atoms with E-state index in [-0.39, 0.29) is 68.4 Å². The number of thioether (sulfide) groups is 1. The molecule has 17 nitrogen and oxygen atoms in total. The van der Waals surface area contributed by atoms with Crippen molar-refractivity contribution in [2.24, 2.45) is 29.6 Å². The summed E-state index contributed by atoms with van der Waals surface area (Å²) in [5.41, 5.74) is 1.52. The van der Waals surface area contributed by atoms with Gasteiger partial charge in [0.2, 0.25) is 11.7 Å². The number of ether oxygens (including phenoxy) is 4. The van der Waals surface area contributed by atoms with Gasteiger partial charge in [-0.1, -0.05) is 44.6 Å². The predicted molar refractivity (Wildman–Crippen MR) is 265 cm³/mol. The van der Waals surface area contributed by atoms with Crippen molar-refractivity contribution in [2.75, 3.05) is 50.7 Å². The number of hydrogen-bond donors (Lipinski definition) is 6. The molecule has 14 atom stereocenters. The first kappa shape index (κ1) is 57.2. The summed E-state index contributed by atoms with van der Waals surface area (Å²) >= 11 is 1.66. The number of Topliss-reactive ketones (excluding diaryl/α,β-unsaturated/α-hetero) is 2. The lowest BCUT2D eigenvalue weighted by atomic mass is 9.81. The van der Waals surface area contributed by atoms with Crippen LogP contribution in [0.15, 0.2) is 47.7 Å². The first-order chi connectivity index (χ1) is 33.4. The van der Waals surface area contributed by atoms with E-state index in [0.29, 0.717) is 75.1 Å². The standard InChI is InChI=1S/C52H80N4O13S/c1-31-23-32(2)25-42(60)48-44(67-7)27-34(4)52(65,69-48)49(62)50(63)56-20-11-9-14-38(56)51(64)68-47(33(3)26-36-16-17-39(57)43(28-36)66-6)35(5)40(58)29-41(59)37(24-31)13-12-21-70-22-19-54-46(61)30-55-45-15-8-10-18-53-45/h8,10,15,18,24,26,32,34-40,42-44,47-48,57-58,60,65H,9,11-14,16-17,19-23,25,27-30H2,1-7H3,(H,53,55)(H,54,61)/b31-24+,33-26+/t32-,34+,35+,36-,37+,38-,39+,40-,42-,43+,44-,47+,48+,52+/m0/s1. The number of pyridine rings is 1. The molecule has 0 unspecified atom stereocenters. The summed E-state index contributed by atoms with van der Waals surface area (Å²) < 4.78 is 23.7. The highest BCUT2D eigenvalue weighted by molar-refractivity contribution is 7.99. The fourth-order valence-corrected chi connectivity index (χ4v) is 11.4.